The molecule has 0 aliphatic heterocycles. The quantitative estimate of drug-likeness (QED) is 0.611. The molecule has 6 heteroatoms. The normalized spacial score (nSPS) is 10.4. The molecule has 1 rings (SSSR count). The maximum absolute atomic E-state index is 13.3. The molecule has 0 saturated carbocycles. The van der Waals surface area contributed by atoms with Crippen molar-refractivity contribution in [1.82, 2.24) is 0 Å². The van der Waals surface area contributed by atoms with Gasteiger partial charge in [-0.15, -0.1) is 0 Å². The Bertz CT molecular complexity index is 527. The summed E-state index contributed by atoms with van der Waals surface area (Å²) in [6.45, 7) is 4.14. The number of benzene rings is 1. The zero-order valence-electron chi connectivity index (χ0n) is 10.3. The first kappa shape index (κ1) is 15.3. The third-order valence-electron chi connectivity index (χ3n) is 3.03. The smallest absolute Gasteiger partial charge is 0.200 e. The fourth-order valence-corrected chi connectivity index (χ4v) is 1.71. The van der Waals surface area contributed by atoms with Crippen LogP contribution in [0.25, 0.3) is 11.7 Å². The van der Waals surface area contributed by atoms with Gasteiger partial charge in [0.25, 0.3) is 0 Å². The zero-order chi connectivity index (χ0) is 14.9. The fraction of sp³-hybridized carbons (Fsp3) is 0.231. The molecule has 0 bridgehead atoms. The van der Waals surface area contributed by atoms with Gasteiger partial charge in [0.2, 0.25) is 0 Å². The summed E-state index contributed by atoms with van der Waals surface area (Å²) in [7, 11) is 0. The highest BCUT2D eigenvalue weighted by Crippen LogP contribution is 2.34. The van der Waals surface area contributed by atoms with Crippen LogP contribution in [-0.2, 0) is 0 Å². The van der Waals surface area contributed by atoms with Crippen LogP contribution in [0.5, 0.6) is 0 Å². The van der Waals surface area contributed by atoms with Gasteiger partial charge in [-0.1, -0.05) is 0 Å². The van der Waals surface area contributed by atoms with E-state index in [-0.39, 0.29) is 16.7 Å². The first-order valence-electron chi connectivity index (χ1n) is 5.21. The Balaban J connectivity index is 3.72. The molecule has 0 spiro atoms. The van der Waals surface area contributed by atoms with Crippen LogP contribution in [0.3, 0.4) is 0 Å². The Morgan fingerprint density at radius 2 is 0.947 bits per heavy atom. The van der Waals surface area contributed by atoms with Gasteiger partial charge in [-0.3, -0.25) is 0 Å². The molecule has 0 heterocycles. The lowest BCUT2D eigenvalue weighted by atomic mass is 9.93. The van der Waals surface area contributed by atoms with Gasteiger partial charge in [0.05, 0.1) is 0 Å². The highest BCUT2D eigenvalue weighted by molar-refractivity contribution is 5.73. The molecule has 19 heavy (non-hydrogen) atoms. The number of hydrogen-bond donors (Lipinski definition) is 0. The van der Waals surface area contributed by atoms with E-state index in [1.165, 1.54) is 20.8 Å². The van der Waals surface area contributed by atoms with Crippen molar-refractivity contribution >= 4 is 11.7 Å². The standard InChI is InChI=1S/C13H10F6/c1-5-6(2)8(10(14)12(16)17)4-9(7(5)3)11(15)13(18)19/h4H,1-3H3. The lowest BCUT2D eigenvalue weighted by Crippen LogP contribution is -1.98. The maximum Gasteiger partial charge on any atom is 0.306 e. The summed E-state index contributed by atoms with van der Waals surface area (Å²) in [5, 5.41) is 0. The SMILES string of the molecule is Cc1c(C(F)=C(F)F)cc(C(F)=C(F)F)c(C)c1C. The molecule has 0 N–H and O–H groups in total. The van der Waals surface area contributed by atoms with E-state index in [0.29, 0.717) is 6.07 Å². The fourth-order valence-electron chi connectivity index (χ4n) is 1.71. The molecule has 0 unspecified atom stereocenters. The van der Waals surface area contributed by atoms with Gasteiger partial charge >= 0.3 is 12.2 Å². The maximum atomic E-state index is 13.3. The minimum absolute atomic E-state index is 0.151. The van der Waals surface area contributed by atoms with E-state index in [1.807, 2.05) is 0 Å². The van der Waals surface area contributed by atoms with Crippen molar-refractivity contribution in [1.29, 1.82) is 0 Å². The van der Waals surface area contributed by atoms with Crippen molar-refractivity contribution in [2.45, 2.75) is 20.8 Å². The van der Waals surface area contributed by atoms with Crippen LogP contribution in [-0.4, -0.2) is 0 Å². The summed E-state index contributed by atoms with van der Waals surface area (Å²) in [6.07, 6.45) is -5.16. The van der Waals surface area contributed by atoms with Gasteiger partial charge in [-0.25, -0.2) is 8.78 Å². The monoisotopic (exact) mass is 280 g/mol. The van der Waals surface area contributed by atoms with Crippen LogP contribution in [0, 0.1) is 20.8 Å². The molecule has 0 nitrogen and oxygen atoms in total. The molecular weight excluding hydrogens is 270 g/mol. The average Bonchev–Trinajstić information content (AvgIpc) is 2.34. The van der Waals surface area contributed by atoms with Gasteiger partial charge in [-0.05, 0) is 43.5 Å². The minimum atomic E-state index is -2.58. The lowest BCUT2D eigenvalue weighted by Gasteiger charge is -2.13. The van der Waals surface area contributed by atoms with E-state index in [9.17, 15) is 26.3 Å². The Labute approximate surface area is 106 Å². The number of rotatable bonds is 2. The predicted octanol–water partition coefficient (Wildman–Crippen LogP) is 5.68. The van der Waals surface area contributed by atoms with Gasteiger partial charge in [0.1, 0.15) is 0 Å². The van der Waals surface area contributed by atoms with Crippen molar-refractivity contribution in [3.05, 3.63) is 46.0 Å². The van der Waals surface area contributed by atoms with Crippen molar-refractivity contribution < 1.29 is 26.3 Å². The second kappa shape index (κ2) is 5.50. The Kier molecular flexibility index (Phi) is 4.44. The summed E-state index contributed by atoms with van der Waals surface area (Å²) in [5.41, 5.74) is -0.596. The van der Waals surface area contributed by atoms with E-state index in [4.69, 9.17) is 0 Å². The average molecular weight is 280 g/mol. The second-order valence-electron chi connectivity index (χ2n) is 4.00. The molecule has 0 saturated heterocycles. The molecule has 0 aliphatic rings. The highest BCUT2D eigenvalue weighted by atomic mass is 19.3. The zero-order valence-corrected chi connectivity index (χ0v) is 10.3. The van der Waals surface area contributed by atoms with Gasteiger partial charge < -0.3 is 0 Å². The van der Waals surface area contributed by atoms with Crippen molar-refractivity contribution in [3.8, 4) is 0 Å². The molecule has 0 amide bonds. The number of hydrogen-bond acceptors (Lipinski definition) is 0. The first-order chi connectivity index (χ1) is 8.68. The van der Waals surface area contributed by atoms with Gasteiger partial charge in [-0.2, -0.15) is 17.6 Å². The molecule has 0 fully saturated rings. The van der Waals surface area contributed by atoms with Crippen LogP contribution in [0.4, 0.5) is 26.3 Å². The van der Waals surface area contributed by atoms with Crippen LogP contribution >= 0.6 is 0 Å². The summed E-state index contributed by atoms with van der Waals surface area (Å²) in [4.78, 5) is 0. The molecule has 0 radical (unpaired) electrons. The first-order valence-corrected chi connectivity index (χ1v) is 5.21. The molecule has 0 atom stereocenters. The van der Waals surface area contributed by atoms with Crippen LogP contribution < -0.4 is 0 Å². The molecule has 1 aromatic carbocycles. The van der Waals surface area contributed by atoms with Gasteiger partial charge in [0.15, 0.2) is 11.7 Å². The Hall–Kier alpha value is -1.72. The Morgan fingerprint density at radius 1 is 0.632 bits per heavy atom. The van der Waals surface area contributed by atoms with Crippen LogP contribution in [0.2, 0.25) is 0 Å². The van der Waals surface area contributed by atoms with E-state index >= 15 is 0 Å². The second-order valence-corrected chi connectivity index (χ2v) is 4.00. The highest BCUT2D eigenvalue weighted by Gasteiger charge is 2.20. The molecule has 0 aliphatic carbocycles. The molecular formula is C13H10F6. The summed E-state index contributed by atoms with van der Waals surface area (Å²) >= 11 is 0. The number of halogens is 6. The van der Waals surface area contributed by atoms with Crippen molar-refractivity contribution in [2.75, 3.05) is 0 Å². The van der Waals surface area contributed by atoms with Gasteiger partial charge in [0, 0.05) is 11.1 Å². The predicted molar refractivity (Wildman–Crippen MR) is 61.1 cm³/mol. The largest absolute Gasteiger partial charge is 0.306 e. The summed E-state index contributed by atoms with van der Waals surface area (Å²) in [5.74, 6) is -3.68. The third-order valence-corrected chi connectivity index (χ3v) is 3.03. The van der Waals surface area contributed by atoms with E-state index in [1.54, 1.807) is 0 Å². The van der Waals surface area contributed by atoms with E-state index in [0.717, 1.165) is 0 Å². The molecule has 104 valence electrons. The topological polar surface area (TPSA) is 0 Å². The van der Waals surface area contributed by atoms with Crippen molar-refractivity contribution in [3.63, 3.8) is 0 Å². The minimum Gasteiger partial charge on any atom is -0.200 e. The van der Waals surface area contributed by atoms with Crippen LogP contribution in [0.15, 0.2) is 18.2 Å². The third kappa shape index (κ3) is 2.83. The summed E-state index contributed by atoms with van der Waals surface area (Å²) < 4.78 is 75.6. The van der Waals surface area contributed by atoms with Crippen LogP contribution in [0.1, 0.15) is 27.8 Å². The van der Waals surface area contributed by atoms with E-state index < -0.39 is 34.9 Å². The Morgan fingerprint density at radius 3 is 1.21 bits per heavy atom. The summed E-state index contributed by atoms with van der Waals surface area (Å²) in [6, 6.07) is 0.667. The molecule has 1 aromatic rings. The molecule has 0 aromatic heterocycles. The lowest BCUT2D eigenvalue weighted by molar-refractivity contribution is 0.410. The van der Waals surface area contributed by atoms with Crippen molar-refractivity contribution in [2.24, 2.45) is 0 Å². The van der Waals surface area contributed by atoms with E-state index in [2.05, 4.69) is 0 Å².